The minimum Gasteiger partial charge on any atom is -0.352 e. The number of primary amides is 1. The van der Waals surface area contributed by atoms with Crippen molar-refractivity contribution >= 4 is 40.8 Å². The summed E-state index contributed by atoms with van der Waals surface area (Å²) in [6.07, 6.45) is 4.10. The minimum atomic E-state index is -0.534. The fourth-order valence-corrected chi connectivity index (χ4v) is 3.01. The zero-order valence-corrected chi connectivity index (χ0v) is 14.8. The highest BCUT2D eigenvalue weighted by atomic mass is 35.5. The molecule has 1 aliphatic rings. The number of rotatable bonds is 8. The lowest BCUT2D eigenvalue weighted by Crippen LogP contribution is -2.29. The van der Waals surface area contributed by atoms with Gasteiger partial charge in [-0.2, -0.15) is 0 Å². The molecule has 4 amide bonds. The number of unbranched alkanes of at least 4 members (excludes halogenated alkanes) is 2. The number of hydrogen-bond acceptors (Lipinski definition) is 3. The molecule has 1 aromatic carbocycles. The average molecular weight is 367 g/mol. The molecule has 1 aliphatic heterocycles. The Morgan fingerprint density at radius 3 is 2.68 bits per heavy atom. The Kier molecular flexibility index (Phi) is 7.06. The van der Waals surface area contributed by atoms with Crippen molar-refractivity contribution in [3.8, 4) is 0 Å². The van der Waals surface area contributed by atoms with E-state index in [9.17, 15) is 14.4 Å². The molecule has 1 aromatic rings. The van der Waals surface area contributed by atoms with Crippen LogP contribution in [0.3, 0.4) is 0 Å². The Bertz CT molecular complexity index is 651. The van der Waals surface area contributed by atoms with E-state index >= 15 is 0 Å². The van der Waals surface area contributed by atoms with Crippen LogP contribution in [0.5, 0.6) is 0 Å². The molecule has 1 fully saturated rings. The van der Waals surface area contributed by atoms with E-state index in [1.165, 1.54) is 0 Å². The summed E-state index contributed by atoms with van der Waals surface area (Å²) >= 11 is 6.26. The van der Waals surface area contributed by atoms with Gasteiger partial charge in [0, 0.05) is 31.6 Å². The smallest absolute Gasteiger partial charge is 0.312 e. The molecule has 4 N–H and O–H groups in total. The van der Waals surface area contributed by atoms with Gasteiger partial charge in [-0.15, -0.1) is 0 Å². The molecule has 2 rings (SSSR count). The van der Waals surface area contributed by atoms with Crippen LogP contribution in [0.4, 0.5) is 16.2 Å². The second-order valence-corrected chi connectivity index (χ2v) is 6.37. The third-order valence-electron chi connectivity index (χ3n) is 3.98. The first-order valence-corrected chi connectivity index (χ1v) is 8.78. The van der Waals surface area contributed by atoms with Crippen molar-refractivity contribution in [2.24, 2.45) is 5.73 Å². The predicted octanol–water partition coefficient (Wildman–Crippen LogP) is 2.63. The summed E-state index contributed by atoms with van der Waals surface area (Å²) in [5, 5.41) is 5.76. The first-order valence-electron chi connectivity index (χ1n) is 8.40. The van der Waals surface area contributed by atoms with Crippen molar-refractivity contribution in [2.45, 2.75) is 38.5 Å². The van der Waals surface area contributed by atoms with Gasteiger partial charge >= 0.3 is 6.03 Å². The number of carbonyl (C=O) groups excluding carboxylic acids is 3. The van der Waals surface area contributed by atoms with Gasteiger partial charge in [-0.25, -0.2) is 4.79 Å². The van der Waals surface area contributed by atoms with Crippen LogP contribution >= 0.6 is 11.6 Å². The van der Waals surface area contributed by atoms with Crippen LogP contribution in [0.25, 0.3) is 0 Å². The van der Waals surface area contributed by atoms with Crippen LogP contribution in [0, 0.1) is 0 Å². The van der Waals surface area contributed by atoms with Crippen molar-refractivity contribution in [3.63, 3.8) is 0 Å². The van der Waals surface area contributed by atoms with Crippen molar-refractivity contribution < 1.29 is 14.4 Å². The van der Waals surface area contributed by atoms with E-state index in [0.717, 1.165) is 25.7 Å². The lowest BCUT2D eigenvalue weighted by atomic mass is 10.2. The van der Waals surface area contributed by atoms with Gasteiger partial charge in [-0.05, 0) is 37.5 Å². The molecule has 0 radical (unpaired) electrons. The summed E-state index contributed by atoms with van der Waals surface area (Å²) in [7, 11) is 0. The number of amides is 4. The van der Waals surface area contributed by atoms with Gasteiger partial charge in [-0.3, -0.25) is 9.59 Å². The van der Waals surface area contributed by atoms with Gasteiger partial charge in [0.25, 0.3) is 0 Å². The fraction of sp³-hybridized carbons (Fsp3) is 0.471. The second kappa shape index (κ2) is 9.27. The highest BCUT2D eigenvalue weighted by molar-refractivity contribution is 6.34. The van der Waals surface area contributed by atoms with Crippen LogP contribution < -0.4 is 21.3 Å². The monoisotopic (exact) mass is 366 g/mol. The highest BCUT2D eigenvalue weighted by Gasteiger charge is 2.23. The van der Waals surface area contributed by atoms with E-state index in [1.54, 1.807) is 23.1 Å². The Hall–Kier alpha value is -2.28. The molecule has 0 atom stereocenters. The van der Waals surface area contributed by atoms with Gasteiger partial charge in [-0.1, -0.05) is 18.0 Å². The van der Waals surface area contributed by atoms with E-state index in [-0.39, 0.29) is 11.8 Å². The minimum absolute atomic E-state index is 0.0736. The largest absolute Gasteiger partial charge is 0.352 e. The second-order valence-electron chi connectivity index (χ2n) is 5.96. The highest BCUT2D eigenvalue weighted by Crippen LogP contribution is 2.31. The molecule has 1 heterocycles. The van der Waals surface area contributed by atoms with Crippen LogP contribution in [0.2, 0.25) is 5.02 Å². The van der Waals surface area contributed by atoms with Gasteiger partial charge < -0.3 is 21.3 Å². The van der Waals surface area contributed by atoms with E-state index < -0.39 is 6.03 Å². The number of halogens is 1. The molecule has 7 nitrogen and oxygen atoms in total. The normalized spacial score (nSPS) is 13.8. The molecule has 8 heteroatoms. The summed E-state index contributed by atoms with van der Waals surface area (Å²) in [6, 6.07) is 4.64. The molecule has 0 aliphatic carbocycles. The van der Waals surface area contributed by atoms with Crippen LogP contribution in [-0.4, -0.2) is 30.9 Å². The summed E-state index contributed by atoms with van der Waals surface area (Å²) in [5.41, 5.74) is 6.26. The van der Waals surface area contributed by atoms with Gasteiger partial charge in [0.2, 0.25) is 11.8 Å². The molecule has 25 heavy (non-hydrogen) atoms. The van der Waals surface area contributed by atoms with E-state index in [2.05, 4.69) is 10.6 Å². The molecule has 0 unspecified atom stereocenters. The average Bonchev–Trinajstić information content (AvgIpc) is 2.96. The molecule has 0 spiro atoms. The lowest BCUT2D eigenvalue weighted by molar-refractivity contribution is -0.117. The number of carbonyl (C=O) groups is 3. The molecule has 0 aromatic heterocycles. The molecule has 0 bridgehead atoms. The van der Waals surface area contributed by atoms with Crippen LogP contribution in [0.1, 0.15) is 38.5 Å². The standard InChI is InChI=1S/C17H23ClN4O3/c18-13-11-12(7-8-14(13)22-10-4-6-16(22)24)21-15(23)5-2-1-3-9-20-17(19)25/h7-8,11H,1-6,9-10H2,(H,21,23)(H3,19,20,25). The topological polar surface area (TPSA) is 105 Å². The van der Waals surface area contributed by atoms with E-state index in [1.807, 2.05) is 0 Å². The number of nitrogens with two attached hydrogens (primary N) is 1. The zero-order valence-electron chi connectivity index (χ0n) is 14.0. The summed E-state index contributed by atoms with van der Waals surface area (Å²) in [5.74, 6) is -0.0200. The Morgan fingerprint density at radius 2 is 2.04 bits per heavy atom. The molecule has 136 valence electrons. The third kappa shape index (κ3) is 5.94. The first kappa shape index (κ1) is 19.1. The van der Waals surface area contributed by atoms with Crippen molar-refractivity contribution in [3.05, 3.63) is 23.2 Å². The van der Waals surface area contributed by atoms with Crippen LogP contribution in [-0.2, 0) is 9.59 Å². The van der Waals surface area contributed by atoms with Crippen molar-refractivity contribution in [2.75, 3.05) is 23.3 Å². The number of benzene rings is 1. The number of nitrogens with zero attached hydrogens (tertiary/aromatic N) is 1. The van der Waals surface area contributed by atoms with Gasteiger partial charge in [0.05, 0.1) is 10.7 Å². The summed E-state index contributed by atoms with van der Waals surface area (Å²) < 4.78 is 0. The molecular weight excluding hydrogens is 344 g/mol. The van der Waals surface area contributed by atoms with Gasteiger partial charge in [0.15, 0.2) is 0 Å². The maximum atomic E-state index is 11.9. The van der Waals surface area contributed by atoms with E-state index in [0.29, 0.717) is 42.3 Å². The summed E-state index contributed by atoms with van der Waals surface area (Å²) in [4.78, 5) is 35.9. The molecule has 1 saturated heterocycles. The van der Waals surface area contributed by atoms with Crippen molar-refractivity contribution in [1.29, 1.82) is 0 Å². The number of urea groups is 1. The lowest BCUT2D eigenvalue weighted by Gasteiger charge is -2.18. The predicted molar refractivity (Wildman–Crippen MR) is 97.7 cm³/mol. The maximum absolute atomic E-state index is 11.9. The molecule has 0 saturated carbocycles. The maximum Gasteiger partial charge on any atom is 0.312 e. The molecular formula is C17H23ClN4O3. The first-order chi connectivity index (χ1) is 12.0. The number of nitrogens with one attached hydrogen (secondary N) is 2. The summed E-state index contributed by atoms with van der Waals surface area (Å²) in [6.45, 7) is 1.19. The number of hydrogen-bond donors (Lipinski definition) is 3. The Morgan fingerprint density at radius 1 is 1.24 bits per heavy atom. The fourth-order valence-electron chi connectivity index (χ4n) is 2.73. The van der Waals surface area contributed by atoms with Crippen molar-refractivity contribution in [1.82, 2.24) is 5.32 Å². The Balaban J connectivity index is 1.76. The quantitative estimate of drug-likeness (QED) is 0.616. The third-order valence-corrected chi connectivity index (χ3v) is 4.28. The zero-order chi connectivity index (χ0) is 18.2. The SMILES string of the molecule is NC(=O)NCCCCCC(=O)Nc1ccc(N2CCCC2=O)c(Cl)c1. The number of anilines is 2. The van der Waals surface area contributed by atoms with Crippen LogP contribution in [0.15, 0.2) is 18.2 Å². The Labute approximate surface area is 151 Å². The van der Waals surface area contributed by atoms with Gasteiger partial charge in [0.1, 0.15) is 0 Å². The van der Waals surface area contributed by atoms with E-state index in [4.69, 9.17) is 17.3 Å².